The Morgan fingerprint density at radius 2 is 1.89 bits per heavy atom. The molecule has 0 aliphatic rings. The van der Waals surface area contributed by atoms with Crippen LogP contribution in [0.15, 0.2) is 0 Å². The van der Waals surface area contributed by atoms with Gasteiger partial charge in [-0.25, -0.2) is 0 Å². The number of aromatic nitrogens is 2. The Balaban J connectivity index is 2.80. The summed E-state index contributed by atoms with van der Waals surface area (Å²) in [4.78, 5) is 0. The minimum atomic E-state index is -0.851. The van der Waals surface area contributed by atoms with E-state index >= 15 is 0 Å². The standard InChI is InChI=1S/C14H26ClN3O/c1-7-10-12(15)11(18(6)17-10)8-14(5,19)9-16-13(2,3)4/h16,19H,7-9H2,1-6H3. The van der Waals surface area contributed by atoms with Gasteiger partial charge in [-0.05, 0) is 34.1 Å². The predicted molar refractivity (Wildman–Crippen MR) is 79.7 cm³/mol. The number of nitrogens with zero attached hydrogens (tertiary/aromatic N) is 2. The zero-order chi connectivity index (χ0) is 14.8. The van der Waals surface area contributed by atoms with E-state index in [2.05, 4.69) is 31.2 Å². The fourth-order valence-electron chi connectivity index (χ4n) is 1.89. The van der Waals surface area contributed by atoms with E-state index in [1.165, 1.54) is 0 Å². The molecular weight excluding hydrogens is 262 g/mol. The lowest BCUT2D eigenvalue weighted by molar-refractivity contribution is 0.0517. The number of hydrogen-bond donors (Lipinski definition) is 2. The van der Waals surface area contributed by atoms with Gasteiger partial charge in [-0.3, -0.25) is 4.68 Å². The lowest BCUT2D eigenvalue weighted by Crippen LogP contribution is -2.47. The molecule has 1 aromatic heterocycles. The molecule has 0 amide bonds. The summed E-state index contributed by atoms with van der Waals surface area (Å²) in [6, 6.07) is 0. The summed E-state index contributed by atoms with van der Waals surface area (Å²) in [7, 11) is 1.87. The second-order valence-corrected chi connectivity index (χ2v) is 6.84. The fraction of sp³-hybridized carbons (Fsp3) is 0.786. The summed E-state index contributed by atoms with van der Waals surface area (Å²) >= 11 is 6.31. The van der Waals surface area contributed by atoms with Crippen LogP contribution in [0.4, 0.5) is 0 Å². The van der Waals surface area contributed by atoms with Gasteiger partial charge in [0.25, 0.3) is 0 Å². The van der Waals surface area contributed by atoms with Crippen LogP contribution in [0.3, 0.4) is 0 Å². The summed E-state index contributed by atoms with van der Waals surface area (Å²) in [5.41, 5.74) is 0.905. The number of nitrogens with one attached hydrogen (secondary N) is 1. The first-order chi connectivity index (χ1) is 8.56. The van der Waals surface area contributed by atoms with Crippen molar-refractivity contribution in [3.8, 4) is 0 Å². The highest BCUT2D eigenvalue weighted by Gasteiger charge is 2.27. The third-order valence-electron chi connectivity index (χ3n) is 3.05. The third kappa shape index (κ3) is 4.79. The molecular formula is C14H26ClN3O. The smallest absolute Gasteiger partial charge is 0.0850 e. The third-order valence-corrected chi connectivity index (χ3v) is 3.49. The van der Waals surface area contributed by atoms with Crippen molar-refractivity contribution in [3.63, 3.8) is 0 Å². The minimum absolute atomic E-state index is 0.0190. The molecule has 0 aliphatic carbocycles. The van der Waals surface area contributed by atoms with Gasteiger partial charge in [-0.1, -0.05) is 18.5 Å². The van der Waals surface area contributed by atoms with Crippen molar-refractivity contribution in [3.05, 3.63) is 16.4 Å². The molecule has 0 saturated carbocycles. The number of aliphatic hydroxyl groups is 1. The molecule has 5 heteroatoms. The van der Waals surface area contributed by atoms with Crippen molar-refractivity contribution in [2.24, 2.45) is 7.05 Å². The van der Waals surface area contributed by atoms with Gasteiger partial charge in [0.1, 0.15) is 0 Å². The number of aryl methyl sites for hydroxylation is 2. The van der Waals surface area contributed by atoms with Gasteiger partial charge >= 0.3 is 0 Å². The maximum atomic E-state index is 10.5. The van der Waals surface area contributed by atoms with Crippen molar-refractivity contribution in [1.29, 1.82) is 0 Å². The van der Waals surface area contributed by atoms with Crippen LogP contribution in [-0.4, -0.2) is 32.6 Å². The highest BCUT2D eigenvalue weighted by atomic mass is 35.5. The summed E-state index contributed by atoms with van der Waals surface area (Å²) in [5.74, 6) is 0. The first kappa shape index (κ1) is 16.5. The first-order valence-electron chi connectivity index (χ1n) is 6.73. The molecule has 0 aliphatic heterocycles. The number of β-amino-alcohol motifs (C(OH)–C–C–N with tert-alkyl or cyclic N) is 1. The van der Waals surface area contributed by atoms with Gasteiger partial charge in [0.15, 0.2) is 0 Å². The van der Waals surface area contributed by atoms with Crippen molar-refractivity contribution in [1.82, 2.24) is 15.1 Å². The van der Waals surface area contributed by atoms with Gasteiger partial charge in [0.05, 0.1) is 22.0 Å². The zero-order valence-electron chi connectivity index (χ0n) is 12.8. The summed E-state index contributed by atoms with van der Waals surface area (Å²) < 4.78 is 1.77. The Morgan fingerprint density at radius 3 is 2.32 bits per heavy atom. The molecule has 1 heterocycles. The largest absolute Gasteiger partial charge is 0.388 e. The molecule has 1 atom stereocenters. The van der Waals surface area contributed by atoms with Crippen LogP contribution in [0.1, 0.15) is 46.0 Å². The Bertz CT molecular complexity index is 433. The summed E-state index contributed by atoms with van der Waals surface area (Å²) in [6.45, 7) is 10.6. The molecule has 110 valence electrons. The molecule has 1 unspecified atom stereocenters. The molecule has 19 heavy (non-hydrogen) atoms. The SMILES string of the molecule is CCc1nn(C)c(CC(C)(O)CNC(C)(C)C)c1Cl. The molecule has 0 radical (unpaired) electrons. The van der Waals surface area contributed by atoms with Crippen LogP contribution in [0, 0.1) is 0 Å². The average Bonchev–Trinajstić information content (AvgIpc) is 2.53. The molecule has 0 fully saturated rings. The molecule has 1 rings (SSSR count). The fourth-order valence-corrected chi connectivity index (χ4v) is 2.25. The van der Waals surface area contributed by atoms with E-state index in [-0.39, 0.29) is 5.54 Å². The molecule has 1 aromatic rings. The van der Waals surface area contributed by atoms with Gasteiger partial charge < -0.3 is 10.4 Å². The minimum Gasteiger partial charge on any atom is -0.388 e. The molecule has 4 nitrogen and oxygen atoms in total. The highest BCUT2D eigenvalue weighted by molar-refractivity contribution is 6.31. The predicted octanol–water partition coefficient (Wildman–Crippen LogP) is 2.32. The van der Waals surface area contributed by atoms with Gasteiger partial charge in [-0.15, -0.1) is 0 Å². The van der Waals surface area contributed by atoms with Crippen LogP contribution in [0.2, 0.25) is 5.02 Å². The van der Waals surface area contributed by atoms with E-state index in [9.17, 15) is 5.11 Å². The van der Waals surface area contributed by atoms with E-state index in [4.69, 9.17) is 11.6 Å². The Labute approximate surface area is 121 Å². The van der Waals surface area contributed by atoms with E-state index < -0.39 is 5.60 Å². The molecule has 2 N–H and O–H groups in total. The van der Waals surface area contributed by atoms with E-state index in [1.54, 1.807) is 4.68 Å². The lowest BCUT2D eigenvalue weighted by atomic mass is 9.97. The second-order valence-electron chi connectivity index (χ2n) is 6.46. The Morgan fingerprint density at radius 1 is 1.32 bits per heavy atom. The number of rotatable bonds is 5. The number of hydrogen-bond acceptors (Lipinski definition) is 3. The number of halogens is 1. The zero-order valence-corrected chi connectivity index (χ0v) is 13.6. The van der Waals surface area contributed by atoms with E-state index in [1.807, 2.05) is 20.9 Å². The highest BCUT2D eigenvalue weighted by Crippen LogP contribution is 2.24. The molecule has 0 spiro atoms. The van der Waals surface area contributed by atoms with E-state index in [0.29, 0.717) is 18.0 Å². The van der Waals surface area contributed by atoms with Crippen LogP contribution < -0.4 is 5.32 Å². The average molecular weight is 288 g/mol. The first-order valence-corrected chi connectivity index (χ1v) is 7.11. The van der Waals surface area contributed by atoms with Gasteiger partial charge in [0, 0.05) is 25.6 Å². The van der Waals surface area contributed by atoms with Crippen LogP contribution in [0.25, 0.3) is 0 Å². The maximum Gasteiger partial charge on any atom is 0.0850 e. The summed E-state index contributed by atoms with van der Waals surface area (Å²) in [6.07, 6.45) is 1.29. The Kier molecular flexibility index (Phi) is 5.04. The Hall–Kier alpha value is -0.580. The summed E-state index contributed by atoms with van der Waals surface area (Å²) in [5, 5.41) is 18.9. The van der Waals surface area contributed by atoms with Crippen LogP contribution in [0.5, 0.6) is 0 Å². The molecule has 0 bridgehead atoms. The van der Waals surface area contributed by atoms with E-state index in [0.717, 1.165) is 17.8 Å². The van der Waals surface area contributed by atoms with Gasteiger partial charge in [0.2, 0.25) is 0 Å². The lowest BCUT2D eigenvalue weighted by Gasteiger charge is -2.29. The monoisotopic (exact) mass is 287 g/mol. The van der Waals surface area contributed by atoms with Crippen molar-refractivity contribution < 1.29 is 5.11 Å². The van der Waals surface area contributed by atoms with Crippen molar-refractivity contribution in [2.75, 3.05) is 6.54 Å². The second kappa shape index (κ2) is 5.81. The molecule has 0 aromatic carbocycles. The van der Waals surface area contributed by atoms with Gasteiger partial charge in [-0.2, -0.15) is 5.10 Å². The topological polar surface area (TPSA) is 50.1 Å². The van der Waals surface area contributed by atoms with Crippen molar-refractivity contribution in [2.45, 2.75) is 58.6 Å². The normalized spacial score (nSPS) is 15.6. The maximum absolute atomic E-state index is 10.5. The van der Waals surface area contributed by atoms with Crippen LogP contribution >= 0.6 is 11.6 Å². The molecule has 0 saturated heterocycles. The quantitative estimate of drug-likeness (QED) is 0.874. The van der Waals surface area contributed by atoms with Crippen LogP contribution in [-0.2, 0) is 19.9 Å². The van der Waals surface area contributed by atoms with Crippen molar-refractivity contribution >= 4 is 11.6 Å².